The third-order valence-corrected chi connectivity index (χ3v) is 5.16. The SMILES string of the molecule is COc1ccc(OCC(C)NC(=O)CN(c2ccc(OC)cc2)S(C)(=O)=O)cc1. The third kappa shape index (κ3) is 6.86. The van der Waals surface area contributed by atoms with E-state index in [-0.39, 0.29) is 19.2 Å². The summed E-state index contributed by atoms with van der Waals surface area (Å²) >= 11 is 0. The highest BCUT2D eigenvalue weighted by molar-refractivity contribution is 7.92. The van der Waals surface area contributed by atoms with Gasteiger partial charge in [0.25, 0.3) is 0 Å². The molecule has 1 amide bonds. The molecule has 158 valence electrons. The molecule has 2 aromatic carbocycles. The van der Waals surface area contributed by atoms with Crippen LogP contribution in [0, 0.1) is 0 Å². The molecule has 0 aliphatic carbocycles. The molecule has 0 fully saturated rings. The molecular weight excluding hydrogens is 396 g/mol. The van der Waals surface area contributed by atoms with E-state index in [2.05, 4.69) is 5.32 Å². The summed E-state index contributed by atoms with van der Waals surface area (Å²) in [5.74, 6) is 1.52. The maximum absolute atomic E-state index is 12.4. The minimum Gasteiger partial charge on any atom is -0.497 e. The summed E-state index contributed by atoms with van der Waals surface area (Å²) in [4.78, 5) is 12.4. The van der Waals surface area contributed by atoms with Crippen LogP contribution in [0.25, 0.3) is 0 Å². The first kappa shape index (κ1) is 22.4. The second-order valence-corrected chi connectivity index (χ2v) is 8.33. The average Bonchev–Trinajstić information content (AvgIpc) is 2.70. The minimum absolute atomic E-state index is 0.236. The molecule has 0 aliphatic heterocycles. The number of amides is 1. The molecule has 2 rings (SSSR count). The Kier molecular flexibility index (Phi) is 7.72. The number of carbonyl (C=O) groups is 1. The van der Waals surface area contributed by atoms with Crippen molar-refractivity contribution in [3.8, 4) is 17.2 Å². The van der Waals surface area contributed by atoms with Crippen LogP contribution >= 0.6 is 0 Å². The molecule has 1 atom stereocenters. The van der Waals surface area contributed by atoms with E-state index in [1.54, 1.807) is 62.6 Å². The van der Waals surface area contributed by atoms with Gasteiger partial charge in [-0.1, -0.05) is 0 Å². The molecule has 9 heteroatoms. The van der Waals surface area contributed by atoms with E-state index >= 15 is 0 Å². The number of carbonyl (C=O) groups excluding carboxylic acids is 1. The van der Waals surface area contributed by atoms with Gasteiger partial charge in [-0.05, 0) is 55.5 Å². The Labute approximate surface area is 171 Å². The Morgan fingerprint density at radius 1 is 0.966 bits per heavy atom. The lowest BCUT2D eigenvalue weighted by Gasteiger charge is -2.23. The number of nitrogens with one attached hydrogen (secondary N) is 1. The minimum atomic E-state index is -3.64. The zero-order valence-corrected chi connectivity index (χ0v) is 17.7. The van der Waals surface area contributed by atoms with Gasteiger partial charge in [-0.15, -0.1) is 0 Å². The molecule has 0 saturated heterocycles. The maximum Gasteiger partial charge on any atom is 0.241 e. The number of ether oxygens (including phenoxy) is 3. The highest BCUT2D eigenvalue weighted by atomic mass is 32.2. The van der Waals surface area contributed by atoms with Crippen LogP contribution in [0.1, 0.15) is 6.92 Å². The highest BCUT2D eigenvalue weighted by Gasteiger charge is 2.21. The monoisotopic (exact) mass is 422 g/mol. The van der Waals surface area contributed by atoms with Crippen LogP contribution in [0.3, 0.4) is 0 Å². The fraction of sp³-hybridized carbons (Fsp3) is 0.350. The van der Waals surface area contributed by atoms with E-state index in [1.807, 2.05) is 0 Å². The van der Waals surface area contributed by atoms with Gasteiger partial charge in [0, 0.05) is 0 Å². The van der Waals surface area contributed by atoms with Crippen molar-refractivity contribution in [3.05, 3.63) is 48.5 Å². The summed E-state index contributed by atoms with van der Waals surface area (Å²) < 4.78 is 41.1. The van der Waals surface area contributed by atoms with Gasteiger partial charge in [-0.25, -0.2) is 8.42 Å². The Morgan fingerprint density at radius 2 is 1.45 bits per heavy atom. The van der Waals surface area contributed by atoms with E-state index in [9.17, 15) is 13.2 Å². The van der Waals surface area contributed by atoms with Crippen LogP contribution in [-0.4, -0.2) is 54.0 Å². The summed E-state index contributed by atoms with van der Waals surface area (Å²) in [5, 5.41) is 2.75. The molecule has 0 aliphatic rings. The molecular formula is C20H26N2O6S. The molecule has 0 heterocycles. The summed E-state index contributed by atoms with van der Waals surface area (Å²) in [6.45, 7) is 1.68. The molecule has 1 N–H and O–H groups in total. The van der Waals surface area contributed by atoms with Gasteiger partial charge in [-0.2, -0.15) is 0 Å². The van der Waals surface area contributed by atoms with E-state index < -0.39 is 15.9 Å². The predicted molar refractivity (Wildman–Crippen MR) is 111 cm³/mol. The largest absolute Gasteiger partial charge is 0.497 e. The number of hydrogen-bond acceptors (Lipinski definition) is 6. The quantitative estimate of drug-likeness (QED) is 0.630. The van der Waals surface area contributed by atoms with Gasteiger partial charge < -0.3 is 19.5 Å². The lowest BCUT2D eigenvalue weighted by Crippen LogP contribution is -2.44. The number of benzene rings is 2. The Bertz CT molecular complexity index is 898. The second kappa shape index (κ2) is 10.0. The van der Waals surface area contributed by atoms with Crippen molar-refractivity contribution in [1.82, 2.24) is 5.32 Å². The van der Waals surface area contributed by atoms with Crippen molar-refractivity contribution in [2.24, 2.45) is 0 Å². The first-order valence-corrected chi connectivity index (χ1v) is 10.8. The van der Waals surface area contributed by atoms with Crippen molar-refractivity contribution in [2.45, 2.75) is 13.0 Å². The van der Waals surface area contributed by atoms with Crippen LogP contribution in [0.4, 0.5) is 5.69 Å². The van der Waals surface area contributed by atoms with Gasteiger partial charge in [-0.3, -0.25) is 9.10 Å². The van der Waals surface area contributed by atoms with Gasteiger partial charge in [0.1, 0.15) is 30.4 Å². The highest BCUT2D eigenvalue weighted by Crippen LogP contribution is 2.21. The predicted octanol–water partition coefficient (Wildman–Crippen LogP) is 2.05. The Hall–Kier alpha value is -2.94. The van der Waals surface area contributed by atoms with Crippen LogP contribution in [0.5, 0.6) is 17.2 Å². The molecule has 8 nitrogen and oxygen atoms in total. The molecule has 1 unspecified atom stereocenters. The average molecular weight is 423 g/mol. The van der Waals surface area contributed by atoms with Crippen LogP contribution < -0.4 is 23.8 Å². The Balaban J connectivity index is 1.94. The normalized spacial score (nSPS) is 12.0. The van der Waals surface area contributed by atoms with Crippen molar-refractivity contribution < 1.29 is 27.4 Å². The molecule has 0 saturated carbocycles. The smallest absolute Gasteiger partial charge is 0.241 e. The summed E-state index contributed by atoms with van der Waals surface area (Å²) in [7, 11) is -0.539. The first-order chi connectivity index (χ1) is 13.7. The number of sulfonamides is 1. The molecule has 0 aromatic heterocycles. The maximum atomic E-state index is 12.4. The lowest BCUT2D eigenvalue weighted by molar-refractivity contribution is -0.120. The number of methoxy groups -OCH3 is 2. The molecule has 0 bridgehead atoms. The first-order valence-electron chi connectivity index (χ1n) is 8.91. The number of anilines is 1. The molecule has 2 aromatic rings. The lowest BCUT2D eigenvalue weighted by atomic mass is 10.3. The topological polar surface area (TPSA) is 94.2 Å². The summed E-state index contributed by atoms with van der Waals surface area (Å²) in [5.41, 5.74) is 0.380. The van der Waals surface area contributed by atoms with Crippen LogP contribution in [0.15, 0.2) is 48.5 Å². The molecule has 0 radical (unpaired) electrons. The van der Waals surface area contributed by atoms with Gasteiger partial charge in [0.05, 0.1) is 32.2 Å². The standard InChI is InChI=1S/C20H26N2O6S/c1-15(14-28-19-11-9-18(27-3)10-12-19)21-20(23)13-22(29(4,24)25)16-5-7-17(26-2)8-6-16/h5-12,15H,13-14H2,1-4H3,(H,21,23). The number of rotatable bonds is 10. The fourth-order valence-corrected chi connectivity index (χ4v) is 3.39. The Morgan fingerprint density at radius 3 is 1.93 bits per heavy atom. The van der Waals surface area contributed by atoms with Crippen LogP contribution in [-0.2, 0) is 14.8 Å². The zero-order valence-electron chi connectivity index (χ0n) is 16.9. The summed E-state index contributed by atoms with van der Waals surface area (Å²) in [6.07, 6.45) is 1.06. The number of hydrogen-bond donors (Lipinski definition) is 1. The van der Waals surface area contributed by atoms with E-state index in [1.165, 1.54) is 7.11 Å². The van der Waals surface area contributed by atoms with E-state index in [0.717, 1.165) is 16.3 Å². The molecule has 0 spiro atoms. The van der Waals surface area contributed by atoms with Crippen molar-refractivity contribution in [2.75, 3.05) is 37.9 Å². The van der Waals surface area contributed by atoms with Gasteiger partial charge in [0.15, 0.2) is 0 Å². The zero-order chi connectivity index (χ0) is 21.4. The van der Waals surface area contributed by atoms with E-state index in [4.69, 9.17) is 14.2 Å². The summed E-state index contributed by atoms with van der Waals surface area (Å²) in [6, 6.07) is 13.2. The van der Waals surface area contributed by atoms with Crippen molar-refractivity contribution in [1.29, 1.82) is 0 Å². The van der Waals surface area contributed by atoms with Gasteiger partial charge in [0.2, 0.25) is 15.9 Å². The number of nitrogens with zero attached hydrogens (tertiary/aromatic N) is 1. The molecule has 29 heavy (non-hydrogen) atoms. The van der Waals surface area contributed by atoms with Crippen LogP contribution in [0.2, 0.25) is 0 Å². The fourth-order valence-electron chi connectivity index (χ4n) is 2.53. The van der Waals surface area contributed by atoms with E-state index in [0.29, 0.717) is 17.2 Å². The van der Waals surface area contributed by atoms with Crippen molar-refractivity contribution >= 4 is 21.6 Å². The third-order valence-electron chi connectivity index (χ3n) is 4.01. The van der Waals surface area contributed by atoms with Crippen molar-refractivity contribution in [3.63, 3.8) is 0 Å². The van der Waals surface area contributed by atoms with Gasteiger partial charge >= 0.3 is 0 Å². The second-order valence-electron chi connectivity index (χ2n) is 6.42.